The smallest absolute Gasteiger partial charge is 0.328 e. The molecule has 34 heavy (non-hydrogen) atoms. The number of imidazole rings is 1. The van der Waals surface area contributed by atoms with Gasteiger partial charge in [-0.3, -0.25) is 14.4 Å². The van der Waals surface area contributed by atoms with Crippen molar-refractivity contribution in [1.82, 2.24) is 25.9 Å². The molecule has 0 saturated heterocycles. The molecule has 1 aromatic rings. The van der Waals surface area contributed by atoms with Crippen LogP contribution < -0.4 is 21.7 Å². The zero-order valence-electron chi connectivity index (χ0n) is 20.4. The Morgan fingerprint density at radius 1 is 0.971 bits per heavy atom. The van der Waals surface area contributed by atoms with E-state index in [2.05, 4.69) is 25.9 Å². The van der Waals surface area contributed by atoms with Crippen molar-refractivity contribution in [3.8, 4) is 0 Å². The van der Waals surface area contributed by atoms with Crippen molar-refractivity contribution in [2.75, 3.05) is 0 Å². The van der Waals surface area contributed by atoms with Crippen LogP contribution in [0.2, 0.25) is 0 Å². The van der Waals surface area contributed by atoms with E-state index >= 15 is 0 Å². The number of nitrogens with one attached hydrogen (secondary N) is 4. The second kappa shape index (κ2) is 13.7. The van der Waals surface area contributed by atoms with Gasteiger partial charge in [0.2, 0.25) is 17.7 Å². The van der Waals surface area contributed by atoms with Crippen molar-refractivity contribution in [3.63, 3.8) is 0 Å². The molecule has 192 valence electrons. The summed E-state index contributed by atoms with van der Waals surface area (Å²) in [4.78, 5) is 56.9. The number of aliphatic hydroxyl groups excluding tert-OH is 1. The molecule has 0 saturated carbocycles. The monoisotopic (exact) mass is 482 g/mol. The van der Waals surface area contributed by atoms with E-state index in [0.717, 1.165) is 0 Å². The maximum atomic E-state index is 13.2. The molecule has 0 spiro atoms. The number of aromatic amines is 1. The van der Waals surface area contributed by atoms with E-state index in [-0.39, 0.29) is 18.3 Å². The van der Waals surface area contributed by atoms with E-state index < -0.39 is 54.0 Å². The summed E-state index contributed by atoms with van der Waals surface area (Å²) in [5, 5.41) is 26.6. The molecular weight excluding hydrogens is 444 g/mol. The van der Waals surface area contributed by atoms with Crippen molar-refractivity contribution < 1.29 is 29.4 Å². The molecule has 7 atom stereocenters. The predicted molar refractivity (Wildman–Crippen MR) is 124 cm³/mol. The molecule has 0 fully saturated rings. The van der Waals surface area contributed by atoms with Gasteiger partial charge < -0.3 is 36.9 Å². The summed E-state index contributed by atoms with van der Waals surface area (Å²) in [6.07, 6.45) is 2.75. The average molecular weight is 483 g/mol. The van der Waals surface area contributed by atoms with E-state index in [1.807, 2.05) is 20.8 Å². The Balaban J connectivity index is 3.11. The first-order valence-electron chi connectivity index (χ1n) is 11.5. The van der Waals surface area contributed by atoms with Crippen LogP contribution >= 0.6 is 0 Å². The number of nitrogens with zero attached hydrogens (tertiary/aromatic N) is 1. The summed E-state index contributed by atoms with van der Waals surface area (Å²) in [7, 11) is 0. The van der Waals surface area contributed by atoms with Gasteiger partial charge in [-0.05, 0) is 18.8 Å². The summed E-state index contributed by atoms with van der Waals surface area (Å²) in [5.41, 5.74) is 6.53. The Labute approximate surface area is 199 Å². The van der Waals surface area contributed by atoms with Crippen molar-refractivity contribution in [3.05, 3.63) is 18.2 Å². The molecule has 0 aromatic carbocycles. The van der Waals surface area contributed by atoms with Gasteiger partial charge in [0.25, 0.3) is 0 Å². The summed E-state index contributed by atoms with van der Waals surface area (Å²) in [6, 6.07) is -4.51. The third-order valence-corrected chi connectivity index (χ3v) is 6.01. The number of rotatable bonds is 14. The highest BCUT2D eigenvalue weighted by atomic mass is 16.4. The third-order valence-electron chi connectivity index (χ3n) is 6.01. The van der Waals surface area contributed by atoms with Gasteiger partial charge in [-0.1, -0.05) is 40.5 Å². The van der Waals surface area contributed by atoms with Crippen LogP contribution in [0.1, 0.15) is 53.2 Å². The van der Waals surface area contributed by atoms with Crippen LogP contribution in [0.5, 0.6) is 0 Å². The van der Waals surface area contributed by atoms with Gasteiger partial charge in [0, 0.05) is 18.3 Å². The number of amides is 3. The summed E-state index contributed by atoms with van der Waals surface area (Å²) < 4.78 is 0. The molecule has 1 aromatic heterocycles. The van der Waals surface area contributed by atoms with Gasteiger partial charge in [-0.25, -0.2) is 9.78 Å². The number of aliphatic hydroxyl groups is 1. The first kappa shape index (κ1) is 29.0. The Morgan fingerprint density at radius 3 is 2.03 bits per heavy atom. The maximum absolute atomic E-state index is 13.2. The number of aliphatic carboxylic acids is 1. The van der Waals surface area contributed by atoms with Crippen molar-refractivity contribution in [2.24, 2.45) is 17.6 Å². The topological polar surface area (TPSA) is 200 Å². The lowest BCUT2D eigenvalue weighted by Gasteiger charge is -2.29. The maximum Gasteiger partial charge on any atom is 0.328 e. The second-order valence-electron chi connectivity index (χ2n) is 8.69. The molecule has 1 rings (SSSR count). The zero-order valence-corrected chi connectivity index (χ0v) is 20.4. The fourth-order valence-corrected chi connectivity index (χ4v) is 3.19. The second-order valence-corrected chi connectivity index (χ2v) is 8.69. The highest BCUT2D eigenvalue weighted by Crippen LogP contribution is 2.12. The minimum absolute atomic E-state index is 0.0166. The Morgan fingerprint density at radius 2 is 1.56 bits per heavy atom. The fourth-order valence-electron chi connectivity index (χ4n) is 3.19. The van der Waals surface area contributed by atoms with E-state index in [0.29, 0.717) is 18.5 Å². The molecular formula is C22H38N6O6. The van der Waals surface area contributed by atoms with Gasteiger partial charge in [-0.2, -0.15) is 0 Å². The number of carboxylic acids is 1. The number of carbonyl (C=O) groups excluding carboxylic acids is 3. The van der Waals surface area contributed by atoms with Crippen molar-refractivity contribution in [2.45, 2.75) is 84.2 Å². The Kier molecular flexibility index (Phi) is 11.7. The lowest BCUT2D eigenvalue weighted by molar-refractivity contribution is -0.145. The first-order valence-corrected chi connectivity index (χ1v) is 11.5. The molecule has 1 heterocycles. The summed E-state index contributed by atoms with van der Waals surface area (Å²) >= 11 is 0. The lowest BCUT2D eigenvalue weighted by atomic mass is 9.95. The molecule has 7 unspecified atom stereocenters. The molecule has 8 N–H and O–H groups in total. The van der Waals surface area contributed by atoms with Gasteiger partial charge >= 0.3 is 5.97 Å². The van der Waals surface area contributed by atoms with Crippen LogP contribution in [0.4, 0.5) is 0 Å². The Bertz CT molecular complexity index is 815. The van der Waals surface area contributed by atoms with E-state index in [1.165, 1.54) is 19.4 Å². The van der Waals surface area contributed by atoms with Gasteiger partial charge in [0.15, 0.2) is 6.04 Å². The summed E-state index contributed by atoms with van der Waals surface area (Å²) in [6.45, 7) is 8.63. The number of hydrogen-bond acceptors (Lipinski definition) is 7. The molecule has 12 heteroatoms. The van der Waals surface area contributed by atoms with Crippen molar-refractivity contribution in [1.29, 1.82) is 0 Å². The quantitative estimate of drug-likeness (QED) is 0.180. The van der Waals surface area contributed by atoms with E-state index in [1.54, 1.807) is 6.92 Å². The SMILES string of the molecule is CCC(C)C(N)C(=O)NC(C(=O)NC(Cc1cnc[nH]1)C(=O)NC(C(=O)O)C(C)O)C(C)CC. The average Bonchev–Trinajstić information content (AvgIpc) is 3.31. The summed E-state index contributed by atoms with van der Waals surface area (Å²) in [5.74, 6) is -3.66. The molecule has 3 amide bonds. The first-order chi connectivity index (χ1) is 15.9. The minimum Gasteiger partial charge on any atom is -0.480 e. The number of aromatic nitrogens is 2. The normalized spacial score (nSPS) is 17.4. The van der Waals surface area contributed by atoms with Crippen LogP contribution in [-0.4, -0.2) is 74.1 Å². The fraction of sp³-hybridized carbons (Fsp3) is 0.682. The third kappa shape index (κ3) is 8.41. The largest absolute Gasteiger partial charge is 0.480 e. The van der Waals surface area contributed by atoms with Crippen molar-refractivity contribution >= 4 is 23.7 Å². The molecule has 0 aliphatic rings. The molecule has 0 radical (unpaired) electrons. The van der Waals surface area contributed by atoms with Crippen LogP contribution in [0, 0.1) is 11.8 Å². The van der Waals surface area contributed by atoms with Crippen LogP contribution in [0.3, 0.4) is 0 Å². The van der Waals surface area contributed by atoms with E-state index in [9.17, 15) is 29.4 Å². The predicted octanol–water partition coefficient (Wildman–Crippen LogP) is -0.708. The van der Waals surface area contributed by atoms with Gasteiger partial charge in [0.05, 0.1) is 18.5 Å². The number of nitrogens with two attached hydrogens (primary N) is 1. The Hall–Kier alpha value is -2.99. The number of hydrogen-bond donors (Lipinski definition) is 7. The zero-order chi connectivity index (χ0) is 26.0. The molecule has 12 nitrogen and oxygen atoms in total. The van der Waals surface area contributed by atoms with E-state index in [4.69, 9.17) is 5.73 Å². The molecule has 0 aliphatic carbocycles. The van der Waals surface area contributed by atoms with Crippen LogP contribution in [-0.2, 0) is 25.6 Å². The minimum atomic E-state index is -1.56. The van der Waals surface area contributed by atoms with Crippen LogP contribution in [0.25, 0.3) is 0 Å². The standard InChI is InChI=1S/C22H38N6O6/c1-6-11(3)16(23)20(31)27-17(12(4)7-2)21(32)26-15(8-14-9-24-10-25-14)19(30)28-18(13(5)29)22(33)34/h9-13,15-18,29H,6-8,23H2,1-5H3,(H,24,25)(H,26,32)(H,27,31)(H,28,30)(H,33,34). The van der Waals surface area contributed by atoms with Gasteiger partial charge in [-0.15, -0.1) is 0 Å². The highest BCUT2D eigenvalue weighted by Gasteiger charge is 2.34. The molecule has 0 bridgehead atoms. The number of carboxylic acid groups (broad SMARTS) is 1. The highest BCUT2D eigenvalue weighted by molar-refractivity contribution is 5.94. The number of H-pyrrole nitrogens is 1. The number of carbonyl (C=O) groups is 4. The van der Waals surface area contributed by atoms with Crippen LogP contribution in [0.15, 0.2) is 12.5 Å². The molecule has 0 aliphatic heterocycles. The van der Waals surface area contributed by atoms with Gasteiger partial charge in [0.1, 0.15) is 12.1 Å². The lowest BCUT2D eigenvalue weighted by Crippen LogP contribution is -2.60.